The molecular weight excluding hydrogens is 374 g/mol. The van der Waals surface area contributed by atoms with Crippen LogP contribution in [0.2, 0.25) is 0 Å². The number of esters is 1. The normalized spacial score (nSPS) is 15.2. The van der Waals surface area contributed by atoms with Gasteiger partial charge < -0.3 is 29.5 Å². The Morgan fingerprint density at radius 2 is 1.79 bits per heavy atom. The molecule has 1 heterocycles. The molecule has 0 bridgehead atoms. The first-order valence-electron chi connectivity index (χ1n) is 9.18. The predicted molar refractivity (Wildman–Crippen MR) is 107 cm³/mol. The van der Waals surface area contributed by atoms with E-state index in [1.165, 1.54) is 0 Å². The highest BCUT2D eigenvalue weighted by atomic mass is 16.5. The minimum absolute atomic E-state index is 0.0430. The molecule has 7 heteroatoms. The molecule has 1 aliphatic rings. The Morgan fingerprint density at radius 3 is 2.38 bits per heavy atom. The molecular formula is C22H23NO6. The predicted octanol–water partition coefficient (Wildman–Crippen LogP) is 3.17. The summed E-state index contributed by atoms with van der Waals surface area (Å²) in [6.45, 7) is 1.90. The van der Waals surface area contributed by atoms with E-state index in [0.29, 0.717) is 22.8 Å². The van der Waals surface area contributed by atoms with Crippen LogP contribution in [0.1, 0.15) is 24.8 Å². The summed E-state index contributed by atoms with van der Waals surface area (Å²) in [5.74, 6) is 0.613. The molecule has 1 atom stereocenters. The third-order valence-corrected chi connectivity index (χ3v) is 4.73. The molecule has 7 nitrogen and oxygen atoms in total. The summed E-state index contributed by atoms with van der Waals surface area (Å²) in [6.07, 6.45) is 0.837. The smallest absolute Gasteiger partial charge is 0.340 e. The minimum Gasteiger partial charge on any atom is -0.497 e. The zero-order valence-corrected chi connectivity index (χ0v) is 16.6. The van der Waals surface area contributed by atoms with Crippen LogP contribution in [-0.2, 0) is 14.3 Å². The van der Waals surface area contributed by atoms with Crippen LogP contribution in [0.15, 0.2) is 47.9 Å². The number of hydrogen-bond donors (Lipinski definition) is 1. The lowest BCUT2D eigenvalue weighted by molar-refractivity contribution is -0.139. The van der Waals surface area contributed by atoms with Gasteiger partial charge in [0.2, 0.25) is 5.88 Å². The maximum Gasteiger partial charge on any atom is 0.340 e. The Bertz CT molecular complexity index is 944. The van der Waals surface area contributed by atoms with Crippen molar-refractivity contribution in [1.82, 2.24) is 0 Å². The molecule has 2 aromatic carbocycles. The summed E-state index contributed by atoms with van der Waals surface area (Å²) >= 11 is 0. The Hall–Kier alpha value is -3.48. The summed E-state index contributed by atoms with van der Waals surface area (Å²) < 4.78 is 21.5. The highest BCUT2D eigenvalue weighted by molar-refractivity contribution is 5.92. The fraction of sp³-hybridized carbons (Fsp3) is 0.273. The number of carbonyl (C=O) groups is 2. The van der Waals surface area contributed by atoms with Crippen molar-refractivity contribution in [1.29, 1.82) is 0 Å². The largest absolute Gasteiger partial charge is 0.497 e. The van der Waals surface area contributed by atoms with Gasteiger partial charge in [0.25, 0.3) is 0 Å². The second-order valence-corrected chi connectivity index (χ2v) is 6.41. The summed E-state index contributed by atoms with van der Waals surface area (Å²) in [7, 11) is 3.16. The molecule has 3 rings (SSSR count). The van der Waals surface area contributed by atoms with E-state index in [1.807, 2.05) is 24.3 Å². The van der Waals surface area contributed by atoms with Gasteiger partial charge in [-0.3, -0.25) is 0 Å². The molecule has 0 amide bonds. The van der Waals surface area contributed by atoms with Gasteiger partial charge in [0, 0.05) is 24.0 Å². The lowest BCUT2D eigenvalue weighted by Gasteiger charge is -2.27. The van der Waals surface area contributed by atoms with Crippen LogP contribution in [0.3, 0.4) is 0 Å². The first kappa shape index (κ1) is 20.3. The van der Waals surface area contributed by atoms with Gasteiger partial charge in [0.1, 0.15) is 29.1 Å². The quantitative estimate of drug-likeness (QED) is 0.566. The van der Waals surface area contributed by atoms with E-state index in [1.54, 1.807) is 33.3 Å². The van der Waals surface area contributed by atoms with Crippen molar-refractivity contribution in [3.8, 4) is 28.4 Å². The third kappa shape index (κ3) is 4.03. The molecule has 2 N–H and O–H groups in total. The van der Waals surface area contributed by atoms with Crippen LogP contribution >= 0.6 is 0 Å². The Balaban J connectivity index is 2.10. The number of nitrogens with two attached hydrogens (primary N) is 1. The first-order chi connectivity index (χ1) is 14.0. The van der Waals surface area contributed by atoms with E-state index in [4.69, 9.17) is 24.7 Å². The average Bonchev–Trinajstić information content (AvgIpc) is 2.73. The number of rotatable bonds is 7. The number of hydrogen-bond acceptors (Lipinski definition) is 7. The van der Waals surface area contributed by atoms with Crippen LogP contribution < -0.4 is 19.9 Å². The number of carbonyl (C=O) groups excluding carboxylic acids is 2. The summed E-state index contributed by atoms with van der Waals surface area (Å²) in [4.78, 5) is 23.8. The topological polar surface area (TPSA) is 97.1 Å². The Kier molecular flexibility index (Phi) is 6.07. The average molecular weight is 397 g/mol. The standard InChI is InChI=1S/C22H23NO6/c1-4-28-22(25)20-17(7-8-24)18-11-13(5-6-19(18)29-21(20)23)14-9-15(26-2)12-16(10-14)27-3/h5-6,8-12,17H,4,7,23H2,1-3H3. The number of methoxy groups -OCH3 is 2. The second kappa shape index (κ2) is 8.68. The molecule has 0 saturated heterocycles. The van der Waals surface area contributed by atoms with E-state index >= 15 is 0 Å². The Morgan fingerprint density at radius 1 is 1.10 bits per heavy atom. The first-order valence-corrected chi connectivity index (χ1v) is 9.18. The molecule has 152 valence electrons. The molecule has 0 spiro atoms. The summed E-state index contributed by atoms with van der Waals surface area (Å²) in [5, 5.41) is 0. The maximum absolute atomic E-state index is 12.4. The monoisotopic (exact) mass is 397 g/mol. The second-order valence-electron chi connectivity index (χ2n) is 6.41. The molecule has 0 saturated carbocycles. The van der Waals surface area contributed by atoms with E-state index in [-0.39, 0.29) is 24.5 Å². The third-order valence-electron chi connectivity index (χ3n) is 4.73. The minimum atomic E-state index is -0.587. The van der Waals surface area contributed by atoms with Gasteiger partial charge in [-0.15, -0.1) is 0 Å². The molecule has 2 aromatic rings. The van der Waals surface area contributed by atoms with Crippen molar-refractivity contribution in [3.63, 3.8) is 0 Å². The molecule has 1 aliphatic heterocycles. The fourth-order valence-corrected chi connectivity index (χ4v) is 3.36. The zero-order valence-electron chi connectivity index (χ0n) is 16.6. The molecule has 0 radical (unpaired) electrons. The maximum atomic E-state index is 12.4. The van der Waals surface area contributed by atoms with Crippen LogP contribution in [0.5, 0.6) is 17.2 Å². The SMILES string of the molecule is CCOC(=O)C1=C(N)Oc2ccc(-c3cc(OC)cc(OC)c3)cc2C1CC=O. The fourth-order valence-electron chi connectivity index (χ4n) is 3.36. The molecule has 0 aliphatic carbocycles. The van der Waals surface area contributed by atoms with Crippen LogP contribution in [-0.4, -0.2) is 33.1 Å². The lowest BCUT2D eigenvalue weighted by atomic mass is 9.85. The Labute approximate surface area is 169 Å². The van der Waals surface area contributed by atoms with Gasteiger partial charge in [0.15, 0.2) is 0 Å². The van der Waals surface area contributed by atoms with Gasteiger partial charge in [0.05, 0.1) is 20.8 Å². The molecule has 1 unspecified atom stereocenters. The summed E-state index contributed by atoms with van der Waals surface area (Å²) in [5.41, 5.74) is 8.53. The zero-order chi connectivity index (χ0) is 21.0. The van der Waals surface area contributed by atoms with Crippen molar-refractivity contribution in [2.24, 2.45) is 5.73 Å². The highest BCUT2D eigenvalue weighted by Crippen LogP contribution is 2.42. The van der Waals surface area contributed by atoms with Crippen LogP contribution in [0.25, 0.3) is 11.1 Å². The van der Waals surface area contributed by atoms with Crippen molar-refractivity contribution in [2.45, 2.75) is 19.3 Å². The van der Waals surface area contributed by atoms with E-state index in [9.17, 15) is 9.59 Å². The number of aldehydes is 1. The number of ether oxygens (including phenoxy) is 4. The van der Waals surface area contributed by atoms with Crippen molar-refractivity contribution in [3.05, 3.63) is 53.4 Å². The molecule has 29 heavy (non-hydrogen) atoms. The van der Waals surface area contributed by atoms with Gasteiger partial charge in [-0.1, -0.05) is 6.07 Å². The van der Waals surface area contributed by atoms with Crippen molar-refractivity contribution >= 4 is 12.3 Å². The number of fused-ring (bicyclic) bond motifs is 1. The van der Waals surface area contributed by atoms with Gasteiger partial charge in [-0.25, -0.2) is 4.79 Å². The van der Waals surface area contributed by atoms with Gasteiger partial charge in [-0.2, -0.15) is 0 Å². The van der Waals surface area contributed by atoms with Crippen molar-refractivity contribution < 1.29 is 28.5 Å². The van der Waals surface area contributed by atoms with E-state index in [2.05, 4.69) is 0 Å². The van der Waals surface area contributed by atoms with Crippen molar-refractivity contribution in [2.75, 3.05) is 20.8 Å². The summed E-state index contributed by atoms with van der Waals surface area (Å²) in [6, 6.07) is 11.0. The van der Waals surface area contributed by atoms with Gasteiger partial charge >= 0.3 is 5.97 Å². The van der Waals surface area contributed by atoms with Gasteiger partial charge in [-0.05, 0) is 42.3 Å². The molecule has 0 fully saturated rings. The van der Waals surface area contributed by atoms with Crippen LogP contribution in [0.4, 0.5) is 0 Å². The highest BCUT2D eigenvalue weighted by Gasteiger charge is 2.34. The lowest BCUT2D eigenvalue weighted by Crippen LogP contribution is -2.27. The molecule has 0 aromatic heterocycles. The van der Waals surface area contributed by atoms with E-state index < -0.39 is 11.9 Å². The van der Waals surface area contributed by atoms with E-state index in [0.717, 1.165) is 17.4 Å². The van der Waals surface area contributed by atoms with Crippen LogP contribution in [0, 0.1) is 0 Å². The number of benzene rings is 2.